The number of nitrogens with one attached hydrogen (secondary N) is 1. The van der Waals surface area contributed by atoms with E-state index in [0.717, 1.165) is 5.75 Å². The van der Waals surface area contributed by atoms with Crippen LogP contribution in [0.2, 0.25) is 0 Å². The number of amides is 1. The molecule has 1 saturated heterocycles. The summed E-state index contributed by atoms with van der Waals surface area (Å²) in [4.78, 5) is 12.4. The molecule has 2 aromatic rings. The molecule has 1 N–H and O–H groups in total. The van der Waals surface area contributed by atoms with Crippen LogP contribution in [0.3, 0.4) is 0 Å². The summed E-state index contributed by atoms with van der Waals surface area (Å²) in [6, 6.07) is 6.99. The minimum atomic E-state index is -3.01. The first-order valence-corrected chi connectivity index (χ1v) is 10.5. The Balaban J connectivity index is 1.51. The quantitative estimate of drug-likeness (QED) is 0.713. The van der Waals surface area contributed by atoms with Gasteiger partial charge in [-0.1, -0.05) is 0 Å². The third-order valence-electron chi connectivity index (χ3n) is 4.56. The maximum absolute atomic E-state index is 12.4. The molecule has 0 radical (unpaired) electrons. The van der Waals surface area contributed by atoms with Crippen molar-refractivity contribution >= 4 is 15.7 Å². The predicted octanol–water partition coefficient (Wildman–Crippen LogP) is 1.37. The van der Waals surface area contributed by atoms with Gasteiger partial charge in [0.2, 0.25) is 0 Å². The molecule has 1 fully saturated rings. The van der Waals surface area contributed by atoms with Gasteiger partial charge in [0, 0.05) is 5.69 Å². The van der Waals surface area contributed by atoms with Crippen LogP contribution in [0.25, 0.3) is 0 Å². The number of hydrogen-bond acceptors (Lipinski definition) is 6. The zero-order valence-electron chi connectivity index (χ0n) is 15.3. The van der Waals surface area contributed by atoms with Crippen molar-refractivity contribution in [2.24, 2.45) is 0 Å². The molecular formula is C18H23N3O5S. The first-order valence-electron chi connectivity index (χ1n) is 8.69. The molecule has 0 aliphatic carbocycles. The topological polar surface area (TPSA) is 99.5 Å². The molecule has 3 rings (SSSR count). The minimum Gasteiger partial charge on any atom is -0.497 e. The van der Waals surface area contributed by atoms with Gasteiger partial charge >= 0.3 is 0 Å². The molecule has 0 saturated carbocycles. The lowest BCUT2D eigenvalue weighted by Gasteiger charge is -2.12. The second-order valence-electron chi connectivity index (χ2n) is 6.42. The number of hydrogen-bond donors (Lipinski definition) is 1. The van der Waals surface area contributed by atoms with Crippen molar-refractivity contribution in [1.29, 1.82) is 0 Å². The smallest absolute Gasteiger partial charge is 0.254 e. The Morgan fingerprint density at radius 2 is 2.00 bits per heavy atom. The molecule has 0 bridgehead atoms. The van der Waals surface area contributed by atoms with Gasteiger partial charge in [0.25, 0.3) is 5.91 Å². The fourth-order valence-electron chi connectivity index (χ4n) is 3.08. The van der Waals surface area contributed by atoms with Crippen molar-refractivity contribution in [2.75, 3.05) is 31.8 Å². The standard InChI is InChI=1S/C18H23N3O5S/c1-13-17(11-20-21(13)14-7-10-27(23,24)12-14)18(22)19-8-9-26-16-5-3-15(25-2)4-6-16/h3-6,11,14H,7-10,12H2,1-2H3,(H,19,22). The van der Waals surface area contributed by atoms with Crippen LogP contribution in [0.1, 0.15) is 28.5 Å². The zero-order valence-corrected chi connectivity index (χ0v) is 16.2. The maximum atomic E-state index is 12.4. The number of methoxy groups -OCH3 is 1. The first kappa shape index (κ1) is 19.2. The number of carbonyl (C=O) groups excluding carboxylic acids is 1. The van der Waals surface area contributed by atoms with E-state index in [1.54, 1.807) is 43.0 Å². The molecule has 1 atom stereocenters. The second-order valence-corrected chi connectivity index (χ2v) is 8.65. The molecule has 1 unspecified atom stereocenters. The lowest BCUT2D eigenvalue weighted by atomic mass is 10.2. The summed E-state index contributed by atoms with van der Waals surface area (Å²) in [5, 5.41) is 7.02. The van der Waals surface area contributed by atoms with E-state index in [0.29, 0.717) is 36.6 Å². The van der Waals surface area contributed by atoms with Gasteiger partial charge in [-0.15, -0.1) is 0 Å². The Morgan fingerprint density at radius 1 is 1.30 bits per heavy atom. The largest absolute Gasteiger partial charge is 0.497 e. The van der Waals surface area contributed by atoms with Crippen LogP contribution in [-0.2, 0) is 9.84 Å². The molecule has 146 valence electrons. The van der Waals surface area contributed by atoms with Crippen LogP contribution in [0.5, 0.6) is 11.5 Å². The average Bonchev–Trinajstić information content (AvgIpc) is 3.21. The molecule has 8 nitrogen and oxygen atoms in total. The third kappa shape index (κ3) is 4.60. The molecule has 1 amide bonds. The monoisotopic (exact) mass is 393 g/mol. The fourth-order valence-corrected chi connectivity index (χ4v) is 4.78. The average molecular weight is 393 g/mol. The van der Waals surface area contributed by atoms with Gasteiger partial charge in [0.05, 0.1) is 43.0 Å². The summed E-state index contributed by atoms with van der Waals surface area (Å²) in [5.74, 6) is 1.43. The number of nitrogens with zero attached hydrogens (tertiary/aromatic N) is 2. The number of benzene rings is 1. The van der Waals surface area contributed by atoms with Crippen molar-refractivity contribution in [3.8, 4) is 11.5 Å². The van der Waals surface area contributed by atoms with E-state index in [1.165, 1.54) is 6.20 Å². The molecule has 1 aromatic carbocycles. The molecule has 27 heavy (non-hydrogen) atoms. The Bertz CT molecular complexity index is 906. The summed E-state index contributed by atoms with van der Waals surface area (Å²) < 4.78 is 35.6. The zero-order chi connectivity index (χ0) is 19.4. The van der Waals surface area contributed by atoms with Crippen LogP contribution in [-0.4, -0.2) is 55.9 Å². The van der Waals surface area contributed by atoms with Gasteiger partial charge < -0.3 is 14.8 Å². The number of carbonyl (C=O) groups is 1. The van der Waals surface area contributed by atoms with Gasteiger partial charge in [-0.3, -0.25) is 9.48 Å². The summed E-state index contributed by atoms with van der Waals surface area (Å²) in [7, 11) is -1.41. The Morgan fingerprint density at radius 3 is 2.63 bits per heavy atom. The molecular weight excluding hydrogens is 370 g/mol. The van der Waals surface area contributed by atoms with Crippen LogP contribution < -0.4 is 14.8 Å². The normalized spacial score (nSPS) is 18.2. The number of aromatic nitrogens is 2. The van der Waals surface area contributed by atoms with E-state index >= 15 is 0 Å². The van der Waals surface area contributed by atoms with Crippen molar-refractivity contribution in [3.63, 3.8) is 0 Å². The minimum absolute atomic E-state index is 0.0757. The highest BCUT2D eigenvalue weighted by molar-refractivity contribution is 7.91. The van der Waals surface area contributed by atoms with Crippen LogP contribution in [0.4, 0.5) is 0 Å². The summed E-state index contributed by atoms with van der Waals surface area (Å²) in [5.41, 5.74) is 1.12. The third-order valence-corrected chi connectivity index (χ3v) is 6.31. The highest BCUT2D eigenvalue weighted by atomic mass is 32.2. The van der Waals surface area contributed by atoms with E-state index < -0.39 is 9.84 Å². The lowest BCUT2D eigenvalue weighted by molar-refractivity contribution is 0.0946. The van der Waals surface area contributed by atoms with Crippen LogP contribution >= 0.6 is 0 Å². The number of sulfone groups is 1. The van der Waals surface area contributed by atoms with Gasteiger partial charge in [-0.05, 0) is 37.6 Å². The van der Waals surface area contributed by atoms with Crippen molar-refractivity contribution in [1.82, 2.24) is 15.1 Å². The van der Waals surface area contributed by atoms with Crippen molar-refractivity contribution in [3.05, 3.63) is 41.7 Å². The van der Waals surface area contributed by atoms with Crippen molar-refractivity contribution in [2.45, 2.75) is 19.4 Å². The van der Waals surface area contributed by atoms with E-state index in [1.807, 2.05) is 0 Å². The number of ether oxygens (including phenoxy) is 2. The van der Waals surface area contributed by atoms with E-state index in [4.69, 9.17) is 9.47 Å². The highest BCUT2D eigenvalue weighted by Crippen LogP contribution is 2.25. The van der Waals surface area contributed by atoms with E-state index in [9.17, 15) is 13.2 Å². The van der Waals surface area contributed by atoms with Gasteiger partial charge in [0.1, 0.15) is 18.1 Å². The van der Waals surface area contributed by atoms with Gasteiger partial charge in [-0.25, -0.2) is 8.42 Å². The molecule has 1 aliphatic rings. The SMILES string of the molecule is COc1ccc(OCCNC(=O)c2cnn(C3CCS(=O)(=O)C3)c2C)cc1. The second kappa shape index (κ2) is 7.99. The Labute approximate surface area is 158 Å². The first-order chi connectivity index (χ1) is 12.9. The Kier molecular flexibility index (Phi) is 5.69. The fraction of sp³-hybridized carbons (Fsp3) is 0.444. The predicted molar refractivity (Wildman–Crippen MR) is 100 cm³/mol. The van der Waals surface area contributed by atoms with E-state index in [-0.39, 0.29) is 23.5 Å². The summed E-state index contributed by atoms with van der Waals surface area (Å²) in [6.07, 6.45) is 2.02. The molecule has 2 heterocycles. The van der Waals surface area contributed by atoms with Gasteiger partial charge in [-0.2, -0.15) is 5.10 Å². The van der Waals surface area contributed by atoms with Crippen LogP contribution in [0.15, 0.2) is 30.5 Å². The summed E-state index contributed by atoms with van der Waals surface area (Å²) >= 11 is 0. The Hall–Kier alpha value is -2.55. The van der Waals surface area contributed by atoms with Gasteiger partial charge in [0.15, 0.2) is 9.84 Å². The number of rotatable bonds is 7. The highest BCUT2D eigenvalue weighted by Gasteiger charge is 2.31. The van der Waals surface area contributed by atoms with Crippen molar-refractivity contribution < 1.29 is 22.7 Å². The molecule has 9 heteroatoms. The lowest BCUT2D eigenvalue weighted by Crippen LogP contribution is -2.28. The molecule has 0 spiro atoms. The maximum Gasteiger partial charge on any atom is 0.254 e. The summed E-state index contributed by atoms with van der Waals surface area (Å²) in [6.45, 7) is 2.44. The molecule has 1 aromatic heterocycles. The van der Waals surface area contributed by atoms with Crippen LogP contribution in [0, 0.1) is 6.92 Å². The molecule has 1 aliphatic heterocycles. The van der Waals surface area contributed by atoms with E-state index in [2.05, 4.69) is 10.4 Å².